The van der Waals surface area contributed by atoms with Gasteiger partial charge in [-0.3, -0.25) is 4.79 Å². The second kappa shape index (κ2) is 7.19. The molecule has 2 aromatic carbocycles. The number of methoxy groups -OCH3 is 2. The summed E-state index contributed by atoms with van der Waals surface area (Å²) in [4.78, 5) is 15.0. The Labute approximate surface area is 158 Å². The molecular formula is C22H22N2O3. The lowest BCUT2D eigenvalue weighted by molar-refractivity contribution is 0.0732. The lowest BCUT2D eigenvalue weighted by Crippen LogP contribution is -2.36. The summed E-state index contributed by atoms with van der Waals surface area (Å²) in [6.07, 6.45) is 4.69. The molecule has 4 rings (SSSR count). The normalized spacial score (nSPS) is 13.2. The van der Waals surface area contributed by atoms with Gasteiger partial charge >= 0.3 is 0 Å². The number of carbonyl (C=O) groups excluding carboxylic acids is 1. The van der Waals surface area contributed by atoms with E-state index in [2.05, 4.69) is 0 Å². The van der Waals surface area contributed by atoms with Gasteiger partial charge in [-0.1, -0.05) is 6.07 Å². The number of carbonyl (C=O) groups is 1. The molecular weight excluding hydrogens is 340 g/mol. The Hall–Kier alpha value is -3.21. The molecule has 1 aliphatic rings. The van der Waals surface area contributed by atoms with Gasteiger partial charge in [0.25, 0.3) is 5.91 Å². The molecule has 1 amide bonds. The van der Waals surface area contributed by atoms with Gasteiger partial charge in [0.1, 0.15) is 11.5 Å². The third-order valence-electron chi connectivity index (χ3n) is 5.05. The van der Waals surface area contributed by atoms with Crippen LogP contribution >= 0.6 is 0 Å². The lowest BCUT2D eigenvalue weighted by atomic mass is 9.97. The Bertz CT molecular complexity index is 964. The van der Waals surface area contributed by atoms with Gasteiger partial charge in [0.15, 0.2) is 0 Å². The van der Waals surface area contributed by atoms with Crippen LogP contribution in [0.25, 0.3) is 5.69 Å². The second-order valence-corrected chi connectivity index (χ2v) is 6.54. The van der Waals surface area contributed by atoms with Crippen molar-refractivity contribution in [2.45, 2.75) is 13.0 Å². The second-order valence-electron chi connectivity index (χ2n) is 6.54. The topological polar surface area (TPSA) is 43.7 Å². The van der Waals surface area contributed by atoms with Crippen LogP contribution in [0.1, 0.15) is 21.5 Å². The van der Waals surface area contributed by atoms with E-state index < -0.39 is 0 Å². The van der Waals surface area contributed by atoms with Crippen molar-refractivity contribution in [3.05, 3.63) is 77.6 Å². The average molecular weight is 362 g/mol. The molecule has 0 saturated heterocycles. The first-order valence-electron chi connectivity index (χ1n) is 8.96. The van der Waals surface area contributed by atoms with Gasteiger partial charge in [-0.25, -0.2) is 0 Å². The Morgan fingerprint density at radius 3 is 2.33 bits per heavy atom. The van der Waals surface area contributed by atoms with Crippen LogP contribution in [0.2, 0.25) is 0 Å². The maximum atomic E-state index is 13.1. The van der Waals surface area contributed by atoms with Crippen molar-refractivity contribution in [1.82, 2.24) is 9.47 Å². The molecule has 3 aromatic rings. The summed E-state index contributed by atoms with van der Waals surface area (Å²) in [6, 6.07) is 15.5. The molecule has 1 aromatic heterocycles. The van der Waals surface area contributed by atoms with E-state index >= 15 is 0 Å². The van der Waals surface area contributed by atoms with Gasteiger partial charge in [-0.15, -0.1) is 0 Å². The highest BCUT2D eigenvalue weighted by Gasteiger charge is 2.26. The summed E-state index contributed by atoms with van der Waals surface area (Å²) in [7, 11) is 3.33. The van der Waals surface area contributed by atoms with Gasteiger partial charge in [0.05, 0.1) is 20.8 Å². The summed E-state index contributed by atoms with van der Waals surface area (Å²) in [6.45, 7) is 1.17. The largest absolute Gasteiger partial charge is 0.496 e. The van der Waals surface area contributed by atoms with E-state index in [9.17, 15) is 4.79 Å². The number of hydrogen-bond donors (Lipinski definition) is 0. The van der Waals surface area contributed by atoms with Gasteiger partial charge < -0.3 is 18.9 Å². The third kappa shape index (κ3) is 3.16. The van der Waals surface area contributed by atoms with Crippen LogP contribution in [-0.2, 0) is 13.0 Å². The Balaban J connectivity index is 1.63. The summed E-state index contributed by atoms with van der Waals surface area (Å²) in [5.41, 5.74) is 3.81. The van der Waals surface area contributed by atoms with Crippen LogP contribution < -0.4 is 9.47 Å². The zero-order chi connectivity index (χ0) is 18.8. The summed E-state index contributed by atoms with van der Waals surface area (Å²) >= 11 is 0. The maximum absolute atomic E-state index is 13.1. The molecule has 27 heavy (non-hydrogen) atoms. The molecule has 0 saturated carbocycles. The van der Waals surface area contributed by atoms with Crippen molar-refractivity contribution in [2.24, 2.45) is 0 Å². The highest BCUT2D eigenvalue weighted by molar-refractivity contribution is 5.95. The Morgan fingerprint density at radius 1 is 0.926 bits per heavy atom. The molecule has 1 aliphatic heterocycles. The van der Waals surface area contributed by atoms with Crippen LogP contribution in [0.5, 0.6) is 11.5 Å². The number of fused-ring (bicyclic) bond motifs is 1. The van der Waals surface area contributed by atoms with Crippen LogP contribution in [0.15, 0.2) is 60.9 Å². The number of ether oxygens (including phenoxy) is 2. The van der Waals surface area contributed by atoms with Crippen LogP contribution in [0, 0.1) is 0 Å². The molecule has 5 nitrogen and oxygen atoms in total. The highest BCUT2D eigenvalue weighted by Crippen LogP contribution is 2.35. The fourth-order valence-corrected chi connectivity index (χ4v) is 3.66. The lowest BCUT2D eigenvalue weighted by Gasteiger charge is -2.31. The van der Waals surface area contributed by atoms with E-state index in [0.717, 1.165) is 34.7 Å². The quantitative estimate of drug-likeness (QED) is 0.711. The number of amides is 1. The van der Waals surface area contributed by atoms with Gasteiger partial charge in [-0.2, -0.15) is 0 Å². The van der Waals surface area contributed by atoms with E-state index in [0.29, 0.717) is 18.7 Å². The SMILES string of the molecule is COc1ccc(OC)c2c1CCN(C(=O)c1cccc(-n3cccc3)c1)C2. The van der Waals surface area contributed by atoms with Gasteiger partial charge in [-0.05, 0) is 48.9 Å². The predicted molar refractivity (Wildman–Crippen MR) is 104 cm³/mol. The molecule has 5 heteroatoms. The standard InChI is InChI=1S/C22H22N2O3/c1-26-20-8-9-21(27-2)19-15-24(13-10-18(19)20)22(25)16-6-5-7-17(14-16)23-11-3-4-12-23/h3-9,11-12,14H,10,13,15H2,1-2H3. The maximum Gasteiger partial charge on any atom is 0.254 e. The van der Waals surface area contributed by atoms with E-state index in [1.165, 1.54) is 0 Å². The Kier molecular flexibility index (Phi) is 4.59. The first-order valence-corrected chi connectivity index (χ1v) is 8.96. The van der Waals surface area contributed by atoms with E-state index in [-0.39, 0.29) is 5.91 Å². The molecule has 0 N–H and O–H groups in total. The fourth-order valence-electron chi connectivity index (χ4n) is 3.66. The number of rotatable bonds is 4. The fraction of sp³-hybridized carbons (Fsp3) is 0.227. The summed E-state index contributed by atoms with van der Waals surface area (Å²) in [5.74, 6) is 1.68. The van der Waals surface area contributed by atoms with Gasteiger partial charge in [0.2, 0.25) is 0 Å². The van der Waals surface area contributed by atoms with Gasteiger partial charge in [0, 0.05) is 41.3 Å². The molecule has 0 fully saturated rings. The molecule has 0 atom stereocenters. The number of benzene rings is 2. The number of aromatic nitrogens is 1. The van der Waals surface area contributed by atoms with Crippen molar-refractivity contribution in [2.75, 3.05) is 20.8 Å². The van der Waals surface area contributed by atoms with E-state index in [1.807, 2.05) is 70.4 Å². The smallest absolute Gasteiger partial charge is 0.254 e. The van der Waals surface area contributed by atoms with Crippen molar-refractivity contribution in [3.63, 3.8) is 0 Å². The highest BCUT2D eigenvalue weighted by atomic mass is 16.5. The monoisotopic (exact) mass is 362 g/mol. The minimum atomic E-state index is 0.0273. The number of hydrogen-bond acceptors (Lipinski definition) is 3. The molecule has 2 heterocycles. The molecule has 138 valence electrons. The predicted octanol–water partition coefficient (Wildman–Crippen LogP) is 3.69. The first kappa shape index (κ1) is 17.2. The zero-order valence-corrected chi connectivity index (χ0v) is 15.5. The third-order valence-corrected chi connectivity index (χ3v) is 5.05. The summed E-state index contributed by atoms with van der Waals surface area (Å²) in [5, 5.41) is 0. The molecule has 0 aliphatic carbocycles. The van der Waals surface area contributed by atoms with E-state index in [4.69, 9.17) is 9.47 Å². The van der Waals surface area contributed by atoms with E-state index in [1.54, 1.807) is 14.2 Å². The van der Waals surface area contributed by atoms with Crippen LogP contribution in [0.4, 0.5) is 0 Å². The first-order chi connectivity index (χ1) is 13.2. The molecule has 0 bridgehead atoms. The van der Waals surface area contributed by atoms with Crippen molar-refractivity contribution in [3.8, 4) is 17.2 Å². The zero-order valence-electron chi connectivity index (χ0n) is 15.5. The minimum Gasteiger partial charge on any atom is -0.496 e. The molecule has 0 unspecified atom stereocenters. The number of nitrogens with zero attached hydrogens (tertiary/aromatic N) is 2. The van der Waals surface area contributed by atoms with Crippen molar-refractivity contribution >= 4 is 5.91 Å². The summed E-state index contributed by atoms with van der Waals surface area (Å²) < 4.78 is 13.0. The van der Waals surface area contributed by atoms with Crippen molar-refractivity contribution in [1.29, 1.82) is 0 Å². The molecule has 0 radical (unpaired) electrons. The average Bonchev–Trinajstić information content (AvgIpc) is 3.27. The Morgan fingerprint density at radius 2 is 1.63 bits per heavy atom. The molecule has 0 spiro atoms. The minimum absolute atomic E-state index is 0.0273. The van der Waals surface area contributed by atoms with Crippen LogP contribution in [0.3, 0.4) is 0 Å². The van der Waals surface area contributed by atoms with Crippen molar-refractivity contribution < 1.29 is 14.3 Å². The van der Waals surface area contributed by atoms with Crippen LogP contribution in [-0.4, -0.2) is 36.1 Å².